The number of halogens is 1. The van der Waals surface area contributed by atoms with E-state index in [1.807, 2.05) is 29.0 Å². The van der Waals surface area contributed by atoms with Crippen LogP contribution in [0.1, 0.15) is 13.8 Å². The molecule has 3 aromatic rings. The van der Waals surface area contributed by atoms with Gasteiger partial charge < -0.3 is 9.30 Å². The van der Waals surface area contributed by atoms with E-state index in [4.69, 9.17) is 4.74 Å². The summed E-state index contributed by atoms with van der Waals surface area (Å²) in [5.41, 5.74) is 4.66. The van der Waals surface area contributed by atoms with Crippen molar-refractivity contribution in [3.8, 4) is 16.5 Å². The van der Waals surface area contributed by atoms with Gasteiger partial charge in [0.15, 0.2) is 17.1 Å². The minimum Gasteiger partial charge on any atom is -0.481 e. The molecule has 0 saturated heterocycles. The SMILES string of the molecule is CCn1c(SCC(=O)NNC(=O)C(C)Oc2ccc(F)cc2)nnc1-c1cccs1. The highest BCUT2D eigenvalue weighted by molar-refractivity contribution is 7.99. The van der Waals surface area contributed by atoms with Crippen molar-refractivity contribution >= 4 is 34.9 Å². The zero-order valence-corrected chi connectivity index (χ0v) is 17.9. The Morgan fingerprint density at radius 1 is 1.23 bits per heavy atom. The number of amides is 2. The molecule has 2 N–H and O–H groups in total. The Morgan fingerprint density at radius 3 is 2.67 bits per heavy atom. The molecule has 0 radical (unpaired) electrons. The van der Waals surface area contributed by atoms with E-state index >= 15 is 0 Å². The van der Waals surface area contributed by atoms with Crippen molar-refractivity contribution in [3.05, 3.63) is 47.6 Å². The van der Waals surface area contributed by atoms with Gasteiger partial charge in [0.1, 0.15) is 11.6 Å². The summed E-state index contributed by atoms with van der Waals surface area (Å²) in [6.07, 6.45) is -0.875. The van der Waals surface area contributed by atoms with Crippen molar-refractivity contribution in [2.75, 3.05) is 5.75 Å². The molecule has 0 aliphatic heterocycles. The van der Waals surface area contributed by atoms with Crippen molar-refractivity contribution in [1.82, 2.24) is 25.6 Å². The zero-order valence-electron chi connectivity index (χ0n) is 16.3. The normalized spacial score (nSPS) is 11.7. The molecule has 11 heteroatoms. The average Bonchev–Trinajstić information content (AvgIpc) is 3.41. The third-order valence-corrected chi connectivity index (χ3v) is 5.76. The maximum absolute atomic E-state index is 12.9. The lowest BCUT2D eigenvalue weighted by Gasteiger charge is -2.15. The molecule has 0 fully saturated rings. The third-order valence-electron chi connectivity index (χ3n) is 3.93. The summed E-state index contributed by atoms with van der Waals surface area (Å²) in [5, 5.41) is 11.0. The van der Waals surface area contributed by atoms with Gasteiger partial charge in [0.2, 0.25) is 5.91 Å². The molecule has 0 bridgehead atoms. The molecular weight excluding hydrogens is 429 g/mol. The van der Waals surface area contributed by atoms with Gasteiger partial charge in [-0.15, -0.1) is 21.5 Å². The summed E-state index contributed by atoms with van der Waals surface area (Å²) in [7, 11) is 0. The first-order valence-corrected chi connectivity index (χ1v) is 10.9. The fraction of sp³-hybridized carbons (Fsp3) is 0.263. The number of hydrazine groups is 1. The van der Waals surface area contributed by atoms with Gasteiger partial charge >= 0.3 is 0 Å². The molecule has 8 nitrogen and oxygen atoms in total. The number of benzene rings is 1. The van der Waals surface area contributed by atoms with Gasteiger partial charge in [-0.3, -0.25) is 20.4 Å². The van der Waals surface area contributed by atoms with Crippen molar-refractivity contribution in [1.29, 1.82) is 0 Å². The van der Waals surface area contributed by atoms with Crippen molar-refractivity contribution < 1.29 is 18.7 Å². The minimum absolute atomic E-state index is 0.0516. The molecule has 2 heterocycles. The highest BCUT2D eigenvalue weighted by atomic mass is 32.2. The van der Waals surface area contributed by atoms with Gasteiger partial charge in [-0.25, -0.2) is 4.39 Å². The molecule has 2 aromatic heterocycles. The number of rotatable bonds is 8. The van der Waals surface area contributed by atoms with Crippen molar-refractivity contribution in [2.24, 2.45) is 0 Å². The van der Waals surface area contributed by atoms with Crippen molar-refractivity contribution in [2.45, 2.75) is 31.7 Å². The Kier molecular flexibility index (Phi) is 7.41. The summed E-state index contributed by atoms with van der Waals surface area (Å²) in [6.45, 7) is 4.17. The number of thiophene rings is 1. The van der Waals surface area contributed by atoms with Crippen LogP contribution >= 0.6 is 23.1 Å². The first kappa shape index (κ1) is 21.8. The molecule has 158 valence electrons. The zero-order chi connectivity index (χ0) is 21.5. The molecule has 3 rings (SSSR count). The molecule has 1 aromatic carbocycles. The standard InChI is InChI=1S/C19H20FN5O3S2/c1-3-25-17(15-5-4-10-29-15)22-24-19(25)30-11-16(26)21-23-18(27)12(2)28-14-8-6-13(20)7-9-14/h4-10,12H,3,11H2,1-2H3,(H,21,26)(H,23,27). The van der Waals surface area contributed by atoms with Crippen LogP contribution in [0.2, 0.25) is 0 Å². The molecule has 0 aliphatic carbocycles. The molecule has 0 aliphatic rings. The summed E-state index contributed by atoms with van der Waals surface area (Å²) < 4.78 is 20.3. The Bertz CT molecular complexity index is 992. The second-order valence-corrected chi connectivity index (χ2v) is 7.96. The van der Waals surface area contributed by atoms with E-state index in [2.05, 4.69) is 21.0 Å². The number of carbonyl (C=O) groups is 2. The summed E-state index contributed by atoms with van der Waals surface area (Å²) in [5.74, 6) is -0.168. The third kappa shape index (κ3) is 5.57. The monoisotopic (exact) mass is 449 g/mol. The Labute approximate surface area is 180 Å². The number of aromatic nitrogens is 3. The van der Waals surface area contributed by atoms with E-state index in [1.54, 1.807) is 11.3 Å². The Hall–Kier alpha value is -2.92. The van der Waals surface area contributed by atoms with Crippen LogP contribution in [-0.4, -0.2) is 38.4 Å². The smallest absolute Gasteiger partial charge is 0.279 e. The molecule has 30 heavy (non-hydrogen) atoms. The van der Waals surface area contributed by atoms with Gasteiger partial charge in [0.25, 0.3) is 5.91 Å². The summed E-state index contributed by atoms with van der Waals surface area (Å²) >= 11 is 2.79. The molecule has 1 atom stereocenters. The Morgan fingerprint density at radius 2 is 2.00 bits per heavy atom. The highest BCUT2D eigenvalue weighted by Gasteiger charge is 2.17. The number of hydrogen-bond acceptors (Lipinski definition) is 7. The van der Waals surface area contributed by atoms with Crippen LogP contribution in [0.5, 0.6) is 5.75 Å². The number of thioether (sulfide) groups is 1. The average molecular weight is 450 g/mol. The molecule has 2 amide bonds. The summed E-state index contributed by atoms with van der Waals surface area (Å²) in [4.78, 5) is 25.2. The van der Waals surface area contributed by atoms with Gasteiger partial charge in [-0.05, 0) is 49.6 Å². The number of hydrogen-bond donors (Lipinski definition) is 2. The predicted molar refractivity (Wildman–Crippen MR) is 113 cm³/mol. The van der Waals surface area contributed by atoms with Crippen molar-refractivity contribution in [3.63, 3.8) is 0 Å². The van der Waals surface area contributed by atoms with Gasteiger partial charge in [-0.1, -0.05) is 17.8 Å². The van der Waals surface area contributed by atoms with E-state index in [1.165, 1.54) is 43.0 Å². The first-order chi connectivity index (χ1) is 14.5. The highest BCUT2D eigenvalue weighted by Crippen LogP contribution is 2.26. The van der Waals surface area contributed by atoms with Gasteiger partial charge in [0, 0.05) is 6.54 Å². The lowest BCUT2D eigenvalue weighted by Crippen LogP contribution is -2.47. The maximum atomic E-state index is 12.9. The molecule has 1 unspecified atom stereocenters. The number of nitrogens with zero attached hydrogens (tertiary/aromatic N) is 3. The predicted octanol–water partition coefficient (Wildman–Crippen LogP) is 2.87. The topological polar surface area (TPSA) is 98.1 Å². The van der Waals surface area contributed by atoms with E-state index in [0.717, 1.165) is 10.7 Å². The number of ether oxygens (including phenoxy) is 1. The first-order valence-electron chi connectivity index (χ1n) is 9.08. The molecular formula is C19H20FN5O3S2. The largest absolute Gasteiger partial charge is 0.481 e. The van der Waals surface area contributed by atoms with E-state index in [0.29, 0.717) is 17.5 Å². The summed E-state index contributed by atoms with van der Waals surface area (Å²) in [6, 6.07) is 9.21. The molecule has 0 saturated carbocycles. The maximum Gasteiger partial charge on any atom is 0.279 e. The lowest BCUT2D eigenvalue weighted by molar-refractivity contribution is -0.131. The Balaban J connectivity index is 1.47. The van der Waals surface area contributed by atoms with Crippen LogP contribution in [0.15, 0.2) is 46.9 Å². The van der Waals surface area contributed by atoms with E-state index < -0.39 is 23.7 Å². The quantitative estimate of drug-likeness (QED) is 0.405. The number of nitrogens with one attached hydrogen (secondary N) is 2. The van der Waals surface area contributed by atoms with E-state index in [9.17, 15) is 14.0 Å². The number of carbonyl (C=O) groups excluding carboxylic acids is 2. The van der Waals surface area contributed by atoms with E-state index in [-0.39, 0.29) is 5.75 Å². The van der Waals surface area contributed by atoms with Gasteiger partial charge in [-0.2, -0.15) is 0 Å². The molecule has 0 spiro atoms. The second kappa shape index (κ2) is 10.2. The minimum atomic E-state index is -0.875. The van der Waals surface area contributed by atoms with Crippen LogP contribution in [-0.2, 0) is 16.1 Å². The fourth-order valence-electron chi connectivity index (χ4n) is 2.44. The van der Waals surface area contributed by atoms with Crippen LogP contribution < -0.4 is 15.6 Å². The lowest BCUT2D eigenvalue weighted by atomic mass is 10.3. The van der Waals surface area contributed by atoms with Gasteiger partial charge in [0.05, 0.1) is 10.6 Å². The van der Waals surface area contributed by atoms with Crippen LogP contribution in [0.25, 0.3) is 10.7 Å². The van der Waals surface area contributed by atoms with Crippen LogP contribution in [0, 0.1) is 5.82 Å². The second-order valence-electron chi connectivity index (χ2n) is 6.07. The fourth-order valence-corrected chi connectivity index (χ4v) is 3.96. The van der Waals surface area contributed by atoms with Crippen LogP contribution in [0.4, 0.5) is 4.39 Å². The van der Waals surface area contributed by atoms with Crippen LogP contribution in [0.3, 0.4) is 0 Å².